The minimum atomic E-state index is -4.99. The highest BCUT2D eigenvalue weighted by Gasteiger charge is 2.43. The molecule has 0 aromatic carbocycles. The highest BCUT2D eigenvalue weighted by Crippen LogP contribution is 2.39. The van der Waals surface area contributed by atoms with Gasteiger partial charge in [0.2, 0.25) is 0 Å². The van der Waals surface area contributed by atoms with Crippen molar-refractivity contribution >= 4 is 37.3 Å². The van der Waals surface area contributed by atoms with E-state index >= 15 is 0 Å². The fourth-order valence-electron chi connectivity index (χ4n) is 1.35. The zero-order valence-electron chi connectivity index (χ0n) is 9.32. The smallest absolute Gasteiger partial charge is 0.397 e. The lowest BCUT2D eigenvalue weighted by Gasteiger charge is -2.21. The highest BCUT2D eigenvalue weighted by molar-refractivity contribution is 8.13. The number of hydrogen-bond acceptors (Lipinski definition) is 5. The van der Waals surface area contributed by atoms with Gasteiger partial charge in [-0.1, -0.05) is 11.6 Å². The van der Waals surface area contributed by atoms with Gasteiger partial charge in [0.1, 0.15) is 5.92 Å². The number of hydrogen-bond donors (Lipinski definition) is 0. The van der Waals surface area contributed by atoms with Gasteiger partial charge < -0.3 is 9.90 Å². The molecule has 5 nitrogen and oxygen atoms in total. The van der Waals surface area contributed by atoms with Crippen molar-refractivity contribution in [2.75, 3.05) is 0 Å². The molecule has 112 valence electrons. The van der Waals surface area contributed by atoms with Crippen molar-refractivity contribution in [2.45, 2.75) is 23.5 Å². The number of carbonyl (C=O) groups is 1. The summed E-state index contributed by atoms with van der Waals surface area (Å²) in [6.07, 6.45) is -6.44. The number of rotatable bonds is 4. The van der Waals surface area contributed by atoms with Crippen molar-refractivity contribution in [3.8, 4) is 0 Å². The minimum Gasteiger partial charge on any atom is -0.550 e. The summed E-state index contributed by atoms with van der Waals surface area (Å²) < 4.78 is 60.5. The molecule has 0 N–H and O–H groups in total. The van der Waals surface area contributed by atoms with Gasteiger partial charge in [-0.25, -0.2) is 13.4 Å². The molecule has 0 amide bonds. The maximum atomic E-state index is 12.8. The van der Waals surface area contributed by atoms with Crippen molar-refractivity contribution in [1.82, 2.24) is 4.98 Å². The molecule has 20 heavy (non-hydrogen) atoms. The summed E-state index contributed by atoms with van der Waals surface area (Å²) in [5, 5.41) is 9.01. The third kappa shape index (κ3) is 4.22. The SMILES string of the molecule is O=C([O-])CC(c1nc(S(=O)(=O)Cl)ccc1Cl)C(F)(F)F. The van der Waals surface area contributed by atoms with E-state index in [1.165, 1.54) is 0 Å². The largest absolute Gasteiger partial charge is 0.550 e. The Balaban J connectivity index is 3.43. The number of pyridine rings is 1. The van der Waals surface area contributed by atoms with E-state index in [4.69, 9.17) is 22.3 Å². The molecule has 1 atom stereocenters. The van der Waals surface area contributed by atoms with Crippen molar-refractivity contribution in [3.05, 3.63) is 22.8 Å². The Kier molecular flexibility index (Phi) is 4.88. The van der Waals surface area contributed by atoms with Crippen molar-refractivity contribution in [3.63, 3.8) is 0 Å². The Bertz CT molecular complexity index is 633. The summed E-state index contributed by atoms with van der Waals surface area (Å²) in [5.41, 5.74) is -0.940. The van der Waals surface area contributed by atoms with Crippen LogP contribution in [0.4, 0.5) is 13.2 Å². The van der Waals surface area contributed by atoms with E-state index in [0.717, 1.165) is 12.1 Å². The molecule has 1 heterocycles. The van der Waals surface area contributed by atoms with Gasteiger partial charge in [-0.2, -0.15) is 13.2 Å². The molecule has 0 aliphatic heterocycles. The molecule has 1 unspecified atom stereocenters. The van der Waals surface area contributed by atoms with Gasteiger partial charge in [-0.05, 0) is 12.1 Å². The van der Waals surface area contributed by atoms with Crippen LogP contribution in [0.5, 0.6) is 0 Å². The fourth-order valence-corrected chi connectivity index (χ4v) is 2.29. The van der Waals surface area contributed by atoms with E-state index in [9.17, 15) is 31.5 Å². The quantitative estimate of drug-likeness (QED) is 0.767. The lowest BCUT2D eigenvalue weighted by molar-refractivity contribution is -0.308. The number of aliphatic carboxylic acids is 1. The Morgan fingerprint density at radius 2 is 1.95 bits per heavy atom. The second-order valence-corrected chi connectivity index (χ2v) is 6.54. The first-order valence-electron chi connectivity index (χ1n) is 4.80. The van der Waals surface area contributed by atoms with Crippen LogP contribution in [0.3, 0.4) is 0 Å². The van der Waals surface area contributed by atoms with Crippen molar-refractivity contribution < 1.29 is 31.5 Å². The summed E-state index contributed by atoms with van der Waals surface area (Å²) in [4.78, 5) is 13.6. The van der Waals surface area contributed by atoms with Crippen LogP contribution in [0.25, 0.3) is 0 Å². The second-order valence-electron chi connectivity index (χ2n) is 3.62. The maximum Gasteiger partial charge on any atom is 0.397 e. The summed E-state index contributed by atoms with van der Waals surface area (Å²) in [5.74, 6) is -4.58. The minimum absolute atomic E-state index is 0.530. The molecule has 11 heteroatoms. The lowest BCUT2D eigenvalue weighted by atomic mass is 10.00. The molecule has 0 aliphatic rings. The van der Waals surface area contributed by atoms with E-state index < -0.39 is 49.3 Å². The molecular weight excluding hydrogens is 346 g/mol. The average molecular weight is 351 g/mol. The molecule has 0 saturated heterocycles. The van der Waals surface area contributed by atoms with Gasteiger partial charge >= 0.3 is 6.18 Å². The summed E-state index contributed by atoms with van der Waals surface area (Å²) in [6, 6.07) is 1.65. The molecule has 0 bridgehead atoms. The summed E-state index contributed by atoms with van der Waals surface area (Å²) in [7, 11) is 0.587. The first-order valence-corrected chi connectivity index (χ1v) is 7.49. The predicted molar refractivity (Wildman–Crippen MR) is 60.7 cm³/mol. The Labute approximate surface area is 120 Å². The predicted octanol–water partition coefficient (Wildman–Crippen LogP) is 1.45. The van der Waals surface area contributed by atoms with Crippen LogP contribution in [-0.2, 0) is 13.8 Å². The number of carboxylic acids is 1. The summed E-state index contributed by atoms with van der Waals surface area (Å²) >= 11 is 5.52. The standard InChI is InChI=1S/C9H6Cl2F3NO4S/c10-5-1-2-6(20(11,18)19)15-8(5)4(3-7(16)17)9(12,13)14/h1-2,4H,3H2,(H,16,17)/p-1. The zero-order chi connectivity index (χ0) is 15.7. The van der Waals surface area contributed by atoms with Crippen molar-refractivity contribution in [2.24, 2.45) is 0 Å². The second kappa shape index (κ2) is 5.74. The third-order valence-electron chi connectivity index (χ3n) is 2.19. The molecule has 1 aromatic heterocycles. The Morgan fingerprint density at radius 1 is 1.40 bits per heavy atom. The van der Waals surface area contributed by atoms with Gasteiger partial charge in [0.15, 0.2) is 5.03 Å². The summed E-state index contributed by atoms with van der Waals surface area (Å²) in [6.45, 7) is 0. The van der Waals surface area contributed by atoms with E-state index in [1.807, 2.05) is 0 Å². The number of alkyl halides is 3. The van der Waals surface area contributed by atoms with Crippen LogP contribution >= 0.6 is 22.3 Å². The highest BCUT2D eigenvalue weighted by atomic mass is 35.7. The van der Waals surface area contributed by atoms with Gasteiger partial charge in [-0.3, -0.25) is 0 Å². The normalized spacial score (nSPS) is 14.1. The third-order valence-corrected chi connectivity index (χ3v) is 3.71. The van der Waals surface area contributed by atoms with Gasteiger partial charge in [0.05, 0.1) is 10.7 Å². The number of aromatic nitrogens is 1. The van der Waals surface area contributed by atoms with Crippen LogP contribution in [0.2, 0.25) is 5.02 Å². The topological polar surface area (TPSA) is 87.2 Å². The Hall–Kier alpha value is -1.06. The van der Waals surface area contributed by atoms with Gasteiger partial charge in [-0.15, -0.1) is 0 Å². The molecular formula is C9H5Cl2F3NO4S-. The number of nitrogens with zero attached hydrogens (tertiary/aromatic N) is 1. The van der Waals surface area contributed by atoms with E-state index in [2.05, 4.69) is 4.98 Å². The van der Waals surface area contributed by atoms with Gasteiger partial charge in [0.25, 0.3) is 9.05 Å². The first-order chi connectivity index (χ1) is 8.93. The monoisotopic (exact) mass is 350 g/mol. The Morgan fingerprint density at radius 3 is 2.35 bits per heavy atom. The maximum absolute atomic E-state index is 12.8. The molecule has 0 fully saturated rings. The van der Waals surface area contributed by atoms with Crippen LogP contribution < -0.4 is 5.11 Å². The molecule has 1 rings (SSSR count). The number of carboxylic acid groups (broad SMARTS) is 1. The average Bonchev–Trinajstić information content (AvgIpc) is 2.23. The zero-order valence-corrected chi connectivity index (χ0v) is 11.6. The molecule has 0 radical (unpaired) electrons. The lowest BCUT2D eigenvalue weighted by Crippen LogP contribution is -2.31. The van der Waals surface area contributed by atoms with E-state index in [1.54, 1.807) is 0 Å². The first kappa shape index (κ1) is 17.0. The van der Waals surface area contributed by atoms with Gasteiger partial charge in [0, 0.05) is 23.1 Å². The van der Waals surface area contributed by atoms with Crippen LogP contribution in [0.15, 0.2) is 17.2 Å². The molecule has 0 aliphatic carbocycles. The van der Waals surface area contributed by atoms with E-state index in [0.29, 0.717) is 0 Å². The van der Waals surface area contributed by atoms with Crippen LogP contribution in [0, 0.1) is 0 Å². The van der Waals surface area contributed by atoms with Crippen molar-refractivity contribution in [1.29, 1.82) is 0 Å². The molecule has 0 saturated carbocycles. The molecule has 0 spiro atoms. The number of carbonyl (C=O) groups excluding carboxylic acids is 1. The fraction of sp³-hybridized carbons (Fsp3) is 0.333. The van der Waals surface area contributed by atoms with E-state index in [-0.39, 0.29) is 0 Å². The number of halogens is 5. The molecule has 1 aromatic rings. The van der Waals surface area contributed by atoms with Crippen LogP contribution in [0.1, 0.15) is 18.0 Å². The van der Waals surface area contributed by atoms with Crippen LogP contribution in [-0.4, -0.2) is 25.5 Å².